The molecule has 0 amide bonds. The van der Waals surface area contributed by atoms with Crippen molar-refractivity contribution in [1.29, 1.82) is 0 Å². The Bertz CT molecular complexity index is 999. The number of benzene rings is 2. The number of phenolic OH excluding ortho intramolecular Hbond substituents is 1. The zero-order valence-electron chi connectivity index (χ0n) is 12.7. The average molecular weight is 372 g/mol. The van der Waals surface area contributed by atoms with Gasteiger partial charge in [-0.1, -0.05) is 12.1 Å². The van der Waals surface area contributed by atoms with Gasteiger partial charge in [-0.25, -0.2) is 9.78 Å². The third-order valence-electron chi connectivity index (χ3n) is 3.57. The van der Waals surface area contributed by atoms with Crippen LogP contribution >= 0.6 is 23.1 Å². The first-order valence-corrected chi connectivity index (χ1v) is 9.20. The molecular weight excluding hydrogens is 360 g/mol. The Hall–Kier alpha value is -2.58. The fourth-order valence-corrected chi connectivity index (χ4v) is 4.44. The van der Waals surface area contributed by atoms with E-state index < -0.39 is 12.0 Å². The van der Waals surface area contributed by atoms with Crippen LogP contribution in [-0.2, 0) is 4.79 Å². The molecule has 126 valence electrons. The number of carbonyl (C=O) groups is 1. The van der Waals surface area contributed by atoms with Crippen LogP contribution in [0.15, 0.2) is 47.5 Å². The molecule has 25 heavy (non-hydrogen) atoms. The number of carboxylic acids is 1. The van der Waals surface area contributed by atoms with E-state index in [-0.39, 0.29) is 5.75 Å². The molecule has 0 saturated carbocycles. The van der Waals surface area contributed by atoms with Gasteiger partial charge in [0, 0.05) is 11.8 Å². The van der Waals surface area contributed by atoms with Gasteiger partial charge in [-0.3, -0.25) is 4.99 Å². The number of rotatable bonds is 4. The minimum Gasteiger partial charge on any atom is -0.504 e. The molecule has 3 aromatic rings. The van der Waals surface area contributed by atoms with E-state index in [0.717, 1.165) is 10.2 Å². The summed E-state index contributed by atoms with van der Waals surface area (Å²) in [7, 11) is 0. The number of nitrogens with zero attached hydrogens (tertiary/aromatic N) is 2. The Labute approximate surface area is 150 Å². The molecule has 0 fully saturated rings. The molecule has 1 aliphatic heterocycles. The number of aromatic hydroxyl groups is 1. The second-order valence-electron chi connectivity index (χ2n) is 5.32. The lowest BCUT2D eigenvalue weighted by molar-refractivity contribution is -0.137. The van der Waals surface area contributed by atoms with Gasteiger partial charge in [-0.2, -0.15) is 0 Å². The van der Waals surface area contributed by atoms with Crippen LogP contribution in [0.5, 0.6) is 17.2 Å². The number of ether oxygens (including phenoxy) is 1. The highest BCUT2D eigenvalue weighted by molar-refractivity contribution is 8.15. The molecule has 0 unspecified atom stereocenters. The van der Waals surface area contributed by atoms with E-state index in [9.17, 15) is 9.90 Å². The Morgan fingerprint density at radius 3 is 2.84 bits per heavy atom. The maximum Gasteiger partial charge on any atom is 0.329 e. The van der Waals surface area contributed by atoms with E-state index in [4.69, 9.17) is 9.84 Å². The zero-order valence-corrected chi connectivity index (χ0v) is 14.4. The highest BCUT2D eigenvalue weighted by Crippen LogP contribution is 2.34. The number of thioether (sulfide) groups is 1. The van der Waals surface area contributed by atoms with Crippen LogP contribution in [0.4, 0.5) is 0 Å². The first-order valence-electron chi connectivity index (χ1n) is 7.40. The highest BCUT2D eigenvalue weighted by Gasteiger charge is 2.26. The lowest BCUT2D eigenvalue weighted by Gasteiger charge is -2.06. The summed E-state index contributed by atoms with van der Waals surface area (Å²) >= 11 is 2.85. The van der Waals surface area contributed by atoms with Gasteiger partial charge in [-0.15, -0.1) is 23.1 Å². The predicted molar refractivity (Wildman–Crippen MR) is 98.2 cm³/mol. The zero-order chi connectivity index (χ0) is 17.4. The molecule has 0 radical (unpaired) electrons. The molecular formula is C17H12N2O4S2. The molecule has 2 heterocycles. The van der Waals surface area contributed by atoms with E-state index in [1.54, 1.807) is 30.3 Å². The summed E-state index contributed by atoms with van der Waals surface area (Å²) in [5.41, 5.74) is 0.798. The number of carboxylic acid groups (broad SMARTS) is 1. The Kier molecular flexibility index (Phi) is 4.06. The van der Waals surface area contributed by atoms with E-state index in [1.807, 2.05) is 12.1 Å². The second-order valence-corrected chi connectivity index (χ2v) is 7.36. The van der Waals surface area contributed by atoms with Crippen LogP contribution in [0.1, 0.15) is 5.01 Å². The maximum absolute atomic E-state index is 11.0. The number of aliphatic imine (C=N–C) groups is 1. The largest absolute Gasteiger partial charge is 0.504 e. The molecule has 1 aromatic heterocycles. The normalized spacial score (nSPS) is 16.8. The quantitative estimate of drug-likeness (QED) is 0.725. The third kappa shape index (κ3) is 3.18. The number of aliphatic carboxylic acids is 1. The topological polar surface area (TPSA) is 92.0 Å². The van der Waals surface area contributed by atoms with Gasteiger partial charge < -0.3 is 14.9 Å². The SMILES string of the molecule is O=C(O)[C@H]1CSC(c2nc3ccc(Oc4ccccc4O)cc3s2)=N1. The molecule has 2 N–H and O–H groups in total. The molecule has 2 aromatic carbocycles. The van der Waals surface area contributed by atoms with Gasteiger partial charge in [0.25, 0.3) is 0 Å². The van der Waals surface area contributed by atoms with Crippen LogP contribution in [0.2, 0.25) is 0 Å². The summed E-state index contributed by atoms with van der Waals surface area (Å²) in [4.78, 5) is 19.8. The van der Waals surface area contributed by atoms with Gasteiger partial charge >= 0.3 is 5.97 Å². The van der Waals surface area contributed by atoms with Crippen molar-refractivity contribution in [2.75, 3.05) is 5.75 Å². The number of phenols is 1. The third-order valence-corrected chi connectivity index (χ3v) is 5.78. The highest BCUT2D eigenvalue weighted by atomic mass is 32.2. The molecule has 0 aliphatic carbocycles. The Morgan fingerprint density at radius 2 is 2.08 bits per heavy atom. The summed E-state index contributed by atoms with van der Waals surface area (Å²) in [5, 5.41) is 20.2. The van der Waals surface area contributed by atoms with E-state index in [2.05, 4.69) is 9.98 Å². The van der Waals surface area contributed by atoms with Crippen molar-refractivity contribution in [3.8, 4) is 17.2 Å². The molecule has 0 bridgehead atoms. The Morgan fingerprint density at radius 1 is 1.24 bits per heavy atom. The minimum atomic E-state index is -0.915. The summed E-state index contributed by atoms with van der Waals surface area (Å²) in [6, 6.07) is 11.5. The van der Waals surface area contributed by atoms with Crippen molar-refractivity contribution >= 4 is 44.3 Å². The smallest absolute Gasteiger partial charge is 0.329 e. The molecule has 8 heteroatoms. The lowest BCUT2D eigenvalue weighted by atomic mass is 10.3. The number of hydrogen-bond donors (Lipinski definition) is 2. The van der Waals surface area contributed by atoms with Gasteiger partial charge in [0.05, 0.1) is 10.2 Å². The number of aromatic nitrogens is 1. The van der Waals surface area contributed by atoms with Crippen LogP contribution < -0.4 is 4.74 Å². The number of fused-ring (bicyclic) bond motifs is 1. The molecule has 1 atom stereocenters. The van der Waals surface area contributed by atoms with Crippen molar-refractivity contribution in [2.24, 2.45) is 4.99 Å². The van der Waals surface area contributed by atoms with Crippen LogP contribution in [0.25, 0.3) is 10.2 Å². The first-order chi connectivity index (χ1) is 12.1. The summed E-state index contributed by atoms with van der Waals surface area (Å²) < 4.78 is 6.62. The van der Waals surface area contributed by atoms with Crippen LogP contribution in [0.3, 0.4) is 0 Å². The molecule has 0 spiro atoms. The molecule has 6 nitrogen and oxygen atoms in total. The van der Waals surface area contributed by atoms with Gasteiger partial charge in [0.2, 0.25) is 0 Å². The van der Waals surface area contributed by atoms with Crippen LogP contribution in [0, 0.1) is 0 Å². The lowest BCUT2D eigenvalue weighted by Crippen LogP contribution is -2.17. The fourth-order valence-electron chi connectivity index (χ4n) is 2.35. The minimum absolute atomic E-state index is 0.0732. The second kappa shape index (κ2) is 6.38. The molecule has 1 aliphatic rings. The van der Waals surface area contributed by atoms with E-state index >= 15 is 0 Å². The molecule has 4 rings (SSSR count). The number of hydrogen-bond acceptors (Lipinski definition) is 7. The van der Waals surface area contributed by atoms with Gasteiger partial charge in [0.15, 0.2) is 17.5 Å². The van der Waals surface area contributed by atoms with Crippen LogP contribution in [-0.4, -0.2) is 38.0 Å². The summed E-state index contributed by atoms with van der Waals surface area (Å²) in [6.45, 7) is 0. The van der Waals surface area contributed by atoms with Crippen molar-refractivity contribution in [3.63, 3.8) is 0 Å². The van der Waals surface area contributed by atoms with Crippen molar-refractivity contribution < 1.29 is 19.7 Å². The van der Waals surface area contributed by atoms with Crippen molar-refractivity contribution in [3.05, 3.63) is 47.5 Å². The fraction of sp³-hybridized carbons (Fsp3) is 0.118. The monoisotopic (exact) mass is 372 g/mol. The number of para-hydroxylation sites is 2. The summed E-state index contributed by atoms with van der Waals surface area (Å²) in [6.07, 6.45) is 0. The molecule has 0 saturated heterocycles. The summed E-state index contributed by atoms with van der Waals surface area (Å²) in [5.74, 6) is 0.564. The van der Waals surface area contributed by atoms with Gasteiger partial charge in [-0.05, 0) is 24.3 Å². The van der Waals surface area contributed by atoms with E-state index in [1.165, 1.54) is 23.1 Å². The Balaban J connectivity index is 1.63. The van der Waals surface area contributed by atoms with Gasteiger partial charge in [0.1, 0.15) is 15.8 Å². The standard InChI is InChI=1S/C17H12N2O4S2/c20-12-3-1-2-4-13(12)23-9-5-6-10-14(7-9)25-16(18-10)15-19-11(8-24-15)17(21)22/h1-7,11,20H,8H2,(H,21,22)/t11-/m1/s1. The average Bonchev–Trinajstić information content (AvgIpc) is 3.23. The maximum atomic E-state index is 11.0. The number of thiazole rings is 1. The first kappa shape index (κ1) is 15.9. The van der Waals surface area contributed by atoms with Crippen molar-refractivity contribution in [1.82, 2.24) is 4.98 Å². The predicted octanol–water partition coefficient (Wildman–Crippen LogP) is 3.74. The van der Waals surface area contributed by atoms with Crippen molar-refractivity contribution in [2.45, 2.75) is 6.04 Å². The van der Waals surface area contributed by atoms with E-state index in [0.29, 0.717) is 27.3 Å².